The first-order chi connectivity index (χ1) is 12.1. The van der Waals surface area contributed by atoms with E-state index >= 15 is 0 Å². The minimum absolute atomic E-state index is 0.157. The fourth-order valence-corrected chi connectivity index (χ4v) is 2.35. The second-order valence-corrected chi connectivity index (χ2v) is 5.75. The van der Waals surface area contributed by atoms with Crippen molar-refractivity contribution in [1.82, 2.24) is 9.78 Å². The first-order valence-electron chi connectivity index (χ1n) is 7.69. The highest BCUT2D eigenvalue weighted by Crippen LogP contribution is 2.29. The lowest BCUT2D eigenvalue weighted by Crippen LogP contribution is -2.22. The third-order valence-corrected chi connectivity index (χ3v) is 3.74. The Morgan fingerprint density at radius 3 is 2.54 bits per heavy atom. The molecule has 1 aromatic carbocycles. The van der Waals surface area contributed by atoms with Gasteiger partial charge < -0.3 is 10.1 Å². The molecule has 9 heteroatoms. The molecule has 0 radical (unpaired) electrons. The van der Waals surface area contributed by atoms with Gasteiger partial charge in [-0.1, -0.05) is 18.2 Å². The Kier molecular flexibility index (Phi) is 5.69. The highest BCUT2D eigenvalue weighted by atomic mass is 19.4. The summed E-state index contributed by atoms with van der Waals surface area (Å²) >= 11 is 0. The molecule has 6 nitrogen and oxygen atoms in total. The monoisotopic (exact) mass is 369 g/mol. The fraction of sp³-hybridized carbons (Fsp3) is 0.353. The number of alkyl halides is 3. The number of nitrogens with one attached hydrogen (secondary N) is 1. The van der Waals surface area contributed by atoms with Crippen LogP contribution in [-0.4, -0.2) is 28.3 Å². The van der Waals surface area contributed by atoms with Gasteiger partial charge in [0.25, 0.3) is 5.91 Å². The molecule has 2 aromatic rings. The molecule has 0 unspecified atom stereocenters. The molecule has 0 spiro atoms. The van der Waals surface area contributed by atoms with Crippen molar-refractivity contribution in [3.63, 3.8) is 0 Å². The van der Waals surface area contributed by atoms with E-state index in [-0.39, 0.29) is 12.0 Å². The number of rotatable bonds is 5. The van der Waals surface area contributed by atoms with Crippen LogP contribution in [0.4, 0.5) is 18.9 Å². The van der Waals surface area contributed by atoms with Gasteiger partial charge >= 0.3 is 12.1 Å². The fourth-order valence-electron chi connectivity index (χ4n) is 2.35. The summed E-state index contributed by atoms with van der Waals surface area (Å²) in [6.07, 6.45) is -4.85. The Morgan fingerprint density at radius 2 is 1.96 bits per heavy atom. The number of halogens is 3. The first-order valence-corrected chi connectivity index (χ1v) is 7.69. The molecule has 2 rings (SSSR count). The predicted octanol–water partition coefficient (Wildman–Crippen LogP) is 2.78. The van der Waals surface area contributed by atoms with Crippen LogP contribution in [0.15, 0.2) is 24.3 Å². The van der Waals surface area contributed by atoms with Crippen LogP contribution in [-0.2, 0) is 34.0 Å². The number of anilines is 1. The Bertz CT molecular complexity index is 828. The van der Waals surface area contributed by atoms with Gasteiger partial charge in [0.05, 0.1) is 29.1 Å². The zero-order valence-corrected chi connectivity index (χ0v) is 14.5. The van der Waals surface area contributed by atoms with E-state index in [0.717, 1.165) is 17.8 Å². The van der Waals surface area contributed by atoms with Crippen LogP contribution >= 0.6 is 0 Å². The number of benzene rings is 1. The molecular formula is C17H18F3N3O3. The maximum Gasteiger partial charge on any atom is 0.416 e. The number of carbonyl (C=O) groups excluding carboxylic acids is 2. The van der Waals surface area contributed by atoms with Crippen LogP contribution in [0.2, 0.25) is 0 Å². The standard InChI is InChI=1S/C17H18F3N3O3/c1-10-16(11(2)23(3)22-10)21-14(24)9-26-15(25)8-12-5-4-6-13(7-12)17(18,19)20/h4-7H,8-9H2,1-3H3,(H,21,24). The van der Waals surface area contributed by atoms with E-state index in [1.54, 1.807) is 25.6 Å². The Labute approximate surface area is 147 Å². The average Bonchev–Trinajstić information content (AvgIpc) is 2.79. The molecule has 0 fully saturated rings. The van der Waals surface area contributed by atoms with E-state index in [1.807, 2.05) is 0 Å². The van der Waals surface area contributed by atoms with Crippen molar-refractivity contribution in [1.29, 1.82) is 0 Å². The molecule has 1 amide bonds. The average molecular weight is 369 g/mol. The number of hydrogen-bond acceptors (Lipinski definition) is 4. The maximum absolute atomic E-state index is 12.7. The summed E-state index contributed by atoms with van der Waals surface area (Å²) in [6.45, 7) is 2.96. The van der Waals surface area contributed by atoms with Gasteiger partial charge in [0, 0.05) is 7.05 Å². The summed E-state index contributed by atoms with van der Waals surface area (Å²) in [5.41, 5.74) is 1.21. The van der Waals surface area contributed by atoms with Crippen LogP contribution in [0, 0.1) is 13.8 Å². The molecule has 0 saturated carbocycles. The van der Waals surface area contributed by atoms with Crippen LogP contribution in [0.3, 0.4) is 0 Å². The molecule has 0 bridgehead atoms. The number of hydrogen-bond donors (Lipinski definition) is 1. The third-order valence-electron chi connectivity index (χ3n) is 3.74. The van der Waals surface area contributed by atoms with Crippen LogP contribution in [0.25, 0.3) is 0 Å². The third kappa shape index (κ3) is 4.84. The van der Waals surface area contributed by atoms with Gasteiger partial charge in [0.15, 0.2) is 6.61 Å². The molecular weight excluding hydrogens is 351 g/mol. The van der Waals surface area contributed by atoms with Gasteiger partial charge in [-0.3, -0.25) is 14.3 Å². The lowest BCUT2D eigenvalue weighted by Gasteiger charge is -2.09. The molecule has 0 aliphatic heterocycles. The van der Waals surface area contributed by atoms with Crippen LogP contribution < -0.4 is 5.32 Å². The highest BCUT2D eigenvalue weighted by molar-refractivity contribution is 5.93. The molecule has 0 saturated heterocycles. The summed E-state index contributed by atoms with van der Waals surface area (Å²) in [6, 6.07) is 4.40. The van der Waals surface area contributed by atoms with Crippen molar-refractivity contribution in [2.75, 3.05) is 11.9 Å². The highest BCUT2D eigenvalue weighted by Gasteiger charge is 2.30. The van der Waals surface area contributed by atoms with Gasteiger partial charge in [0.1, 0.15) is 0 Å². The Hall–Kier alpha value is -2.84. The zero-order valence-electron chi connectivity index (χ0n) is 14.5. The van der Waals surface area contributed by atoms with Gasteiger partial charge in [-0.2, -0.15) is 18.3 Å². The zero-order chi connectivity index (χ0) is 19.5. The summed E-state index contributed by atoms with van der Waals surface area (Å²) in [5, 5.41) is 6.74. The SMILES string of the molecule is Cc1nn(C)c(C)c1NC(=O)COC(=O)Cc1cccc(C(F)(F)F)c1. The molecule has 26 heavy (non-hydrogen) atoms. The minimum atomic E-state index is -4.49. The second-order valence-electron chi connectivity index (χ2n) is 5.75. The second kappa shape index (κ2) is 7.59. The molecule has 1 N–H and O–H groups in total. The molecule has 140 valence electrons. The largest absolute Gasteiger partial charge is 0.455 e. The first kappa shape index (κ1) is 19.5. The summed E-state index contributed by atoms with van der Waals surface area (Å²) in [4.78, 5) is 23.7. The van der Waals surface area contributed by atoms with E-state index in [2.05, 4.69) is 10.4 Å². The van der Waals surface area contributed by atoms with Crippen LogP contribution in [0.5, 0.6) is 0 Å². The smallest absolute Gasteiger partial charge is 0.416 e. The van der Waals surface area contributed by atoms with Crippen LogP contribution in [0.1, 0.15) is 22.5 Å². The van der Waals surface area contributed by atoms with Gasteiger partial charge in [-0.15, -0.1) is 0 Å². The molecule has 1 aromatic heterocycles. The summed E-state index contributed by atoms with van der Waals surface area (Å²) in [5.74, 6) is -1.35. The van der Waals surface area contributed by atoms with Gasteiger partial charge in [-0.25, -0.2) is 0 Å². The number of nitrogens with zero attached hydrogens (tertiary/aromatic N) is 2. The maximum atomic E-state index is 12.7. The van der Waals surface area contributed by atoms with Crippen molar-refractivity contribution in [3.8, 4) is 0 Å². The van der Waals surface area contributed by atoms with E-state index in [1.165, 1.54) is 12.1 Å². The number of aryl methyl sites for hydroxylation is 2. The number of amides is 1. The van der Waals surface area contributed by atoms with E-state index < -0.39 is 30.2 Å². The Morgan fingerprint density at radius 1 is 1.27 bits per heavy atom. The lowest BCUT2D eigenvalue weighted by molar-refractivity contribution is -0.146. The van der Waals surface area contributed by atoms with Crippen molar-refractivity contribution in [2.24, 2.45) is 7.05 Å². The van der Waals surface area contributed by atoms with Gasteiger partial charge in [0.2, 0.25) is 0 Å². The van der Waals surface area contributed by atoms with Crippen molar-refractivity contribution >= 4 is 17.6 Å². The van der Waals surface area contributed by atoms with Crippen molar-refractivity contribution in [3.05, 3.63) is 46.8 Å². The normalized spacial score (nSPS) is 11.3. The van der Waals surface area contributed by atoms with E-state index in [4.69, 9.17) is 4.74 Å². The minimum Gasteiger partial charge on any atom is -0.455 e. The molecule has 1 heterocycles. The van der Waals surface area contributed by atoms with Crippen molar-refractivity contribution in [2.45, 2.75) is 26.4 Å². The number of esters is 1. The Balaban J connectivity index is 1.90. The topological polar surface area (TPSA) is 73.2 Å². The lowest BCUT2D eigenvalue weighted by atomic mass is 10.1. The molecule has 0 atom stereocenters. The van der Waals surface area contributed by atoms with Crippen molar-refractivity contribution < 1.29 is 27.5 Å². The summed E-state index contributed by atoms with van der Waals surface area (Å²) in [7, 11) is 1.73. The van der Waals surface area contributed by atoms with E-state index in [0.29, 0.717) is 11.4 Å². The predicted molar refractivity (Wildman–Crippen MR) is 87.4 cm³/mol. The van der Waals surface area contributed by atoms with Gasteiger partial charge in [-0.05, 0) is 25.5 Å². The number of ether oxygens (including phenoxy) is 1. The summed E-state index contributed by atoms with van der Waals surface area (Å²) < 4.78 is 44.4. The molecule has 0 aliphatic rings. The molecule has 0 aliphatic carbocycles. The number of aromatic nitrogens is 2. The quantitative estimate of drug-likeness (QED) is 0.823. The van der Waals surface area contributed by atoms with E-state index in [9.17, 15) is 22.8 Å². The number of carbonyl (C=O) groups is 2.